The number of ether oxygens (including phenoxy) is 3. The van der Waals surface area contributed by atoms with Crippen LogP contribution in [0.4, 0.5) is 4.79 Å². The van der Waals surface area contributed by atoms with Crippen molar-refractivity contribution in [3.8, 4) is 11.5 Å². The van der Waals surface area contributed by atoms with Crippen LogP contribution in [0.5, 0.6) is 11.5 Å². The van der Waals surface area contributed by atoms with Gasteiger partial charge in [0.2, 0.25) is 0 Å². The lowest BCUT2D eigenvalue weighted by molar-refractivity contribution is 0.00578. The fourth-order valence-corrected chi connectivity index (χ4v) is 3.17. The van der Waals surface area contributed by atoms with Crippen LogP contribution in [0.3, 0.4) is 0 Å². The van der Waals surface area contributed by atoms with Gasteiger partial charge in [-0.1, -0.05) is 12.1 Å². The molecule has 0 saturated carbocycles. The topological polar surface area (TPSA) is 75.3 Å². The SMILES string of the molecule is CC(C)(C)OC(=O)NCC(=Cc1ccc2c(c1)OCCCO2)B1OC(C)(C)C(C)(C)O1. The highest BCUT2D eigenvalue weighted by molar-refractivity contribution is 6.56. The number of rotatable bonds is 4. The van der Waals surface area contributed by atoms with Gasteiger partial charge < -0.3 is 28.8 Å². The van der Waals surface area contributed by atoms with Crippen LogP contribution in [-0.2, 0) is 14.0 Å². The van der Waals surface area contributed by atoms with Crippen molar-refractivity contribution >= 4 is 19.3 Å². The minimum atomic E-state index is -0.601. The summed E-state index contributed by atoms with van der Waals surface area (Å²) in [7, 11) is -0.601. The molecule has 2 aliphatic heterocycles. The Morgan fingerprint density at radius 2 is 1.71 bits per heavy atom. The molecule has 1 amide bonds. The van der Waals surface area contributed by atoms with Gasteiger partial charge in [0.25, 0.3) is 0 Å². The van der Waals surface area contributed by atoms with Crippen LogP contribution in [-0.4, -0.2) is 49.8 Å². The van der Waals surface area contributed by atoms with Gasteiger partial charge in [-0.3, -0.25) is 0 Å². The Balaban J connectivity index is 1.85. The van der Waals surface area contributed by atoms with Crippen LogP contribution in [0.15, 0.2) is 23.7 Å². The minimum absolute atomic E-state index is 0.222. The van der Waals surface area contributed by atoms with Crippen molar-refractivity contribution in [1.29, 1.82) is 0 Å². The number of benzene rings is 1. The van der Waals surface area contributed by atoms with Gasteiger partial charge in [0.05, 0.1) is 24.4 Å². The highest BCUT2D eigenvalue weighted by atomic mass is 16.7. The van der Waals surface area contributed by atoms with Gasteiger partial charge in [0, 0.05) is 13.0 Å². The zero-order chi connectivity index (χ0) is 22.9. The average Bonchev–Trinajstić information content (AvgIpc) is 2.78. The quantitative estimate of drug-likeness (QED) is 0.713. The molecule has 0 aromatic heterocycles. The van der Waals surface area contributed by atoms with Crippen molar-refractivity contribution in [3.63, 3.8) is 0 Å². The van der Waals surface area contributed by atoms with Crippen molar-refractivity contribution in [2.24, 2.45) is 0 Å². The second-order valence-corrected chi connectivity index (χ2v) is 9.92. The predicted octanol–water partition coefficient (Wildman–Crippen LogP) is 4.39. The van der Waals surface area contributed by atoms with Crippen molar-refractivity contribution in [2.45, 2.75) is 71.7 Å². The van der Waals surface area contributed by atoms with Crippen molar-refractivity contribution in [3.05, 3.63) is 29.2 Å². The van der Waals surface area contributed by atoms with E-state index in [-0.39, 0.29) is 6.54 Å². The average molecular weight is 431 g/mol. The second-order valence-electron chi connectivity index (χ2n) is 9.92. The van der Waals surface area contributed by atoms with E-state index >= 15 is 0 Å². The van der Waals surface area contributed by atoms with Crippen LogP contribution in [0.1, 0.15) is 60.5 Å². The number of carbonyl (C=O) groups is 1. The monoisotopic (exact) mass is 431 g/mol. The first-order valence-corrected chi connectivity index (χ1v) is 10.8. The Hall–Kier alpha value is -2.19. The standard InChI is InChI=1S/C23H34BNO6/c1-21(2,3)29-20(26)25-15-17(24-30-22(4,5)23(6,7)31-24)13-16-9-10-18-19(14-16)28-12-8-11-27-18/h9-10,13-14H,8,11-12,15H2,1-7H3,(H,25,26). The molecule has 0 atom stereocenters. The van der Waals surface area contributed by atoms with Crippen LogP contribution in [0.25, 0.3) is 6.08 Å². The first-order valence-electron chi connectivity index (χ1n) is 10.8. The van der Waals surface area contributed by atoms with E-state index in [1.807, 2.05) is 72.7 Å². The molecule has 0 aliphatic carbocycles. The van der Waals surface area contributed by atoms with E-state index in [4.69, 9.17) is 23.5 Å². The smallest absolute Gasteiger partial charge is 0.490 e. The predicted molar refractivity (Wildman–Crippen MR) is 120 cm³/mol. The van der Waals surface area contributed by atoms with Crippen LogP contribution >= 0.6 is 0 Å². The maximum absolute atomic E-state index is 12.2. The number of carbonyl (C=O) groups excluding carboxylic acids is 1. The molecular weight excluding hydrogens is 397 g/mol. The first kappa shape index (κ1) is 23.5. The minimum Gasteiger partial charge on any atom is -0.490 e. The molecule has 8 heteroatoms. The van der Waals surface area contributed by atoms with E-state index < -0.39 is 30.0 Å². The largest absolute Gasteiger partial charge is 0.492 e. The summed E-state index contributed by atoms with van der Waals surface area (Å²) in [6.45, 7) is 15.0. The molecule has 7 nitrogen and oxygen atoms in total. The molecule has 1 aromatic rings. The number of nitrogens with one attached hydrogen (secondary N) is 1. The van der Waals surface area contributed by atoms with Gasteiger partial charge in [-0.15, -0.1) is 0 Å². The van der Waals surface area contributed by atoms with Crippen molar-refractivity contribution in [1.82, 2.24) is 5.32 Å². The third-order valence-corrected chi connectivity index (χ3v) is 5.52. The zero-order valence-electron chi connectivity index (χ0n) is 19.7. The number of amides is 1. The number of hydrogen-bond donors (Lipinski definition) is 1. The van der Waals surface area contributed by atoms with E-state index in [1.54, 1.807) is 0 Å². The molecule has 2 aliphatic rings. The fraction of sp³-hybridized carbons (Fsp3) is 0.609. The van der Waals surface area contributed by atoms with E-state index in [0.29, 0.717) is 19.0 Å². The van der Waals surface area contributed by atoms with E-state index in [0.717, 1.165) is 23.2 Å². The maximum Gasteiger partial charge on any atom is 0.492 e. The molecule has 2 heterocycles. The van der Waals surface area contributed by atoms with Crippen molar-refractivity contribution < 1.29 is 28.3 Å². The number of fused-ring (bicyclic) bond motifs is 1. The van der Waals surface area contributed by atoms with Gasteiger partial charge in [-0.05, 0) is 71.6 Å². The van der Waals surface area contributed by atoms with Crippen LogP contribution in [0.2, 0.25) is 0 Å². The highest BCUT2D eigenvalue weighted by Gasteiger charge is 2.52. The van der Waals surface area contributed by atoms with Gasteiger partial charge in [-0.2, -0.15) is 0 Å². The molecular formula is C23H34BNO6. The Labute approximate surface area is 185 Å². The third kappa shape index (κ3) is 5.95. The Morgan fingerprint density at radius 3 is 2.32 bits per heavy atom. The third-order valence-electron chi connectivity index (χ3n) is 5.52. The zero-order valence-corrected chi connectivity index (χ0v) is 19.7. The summed E-state index contributed by atoms with van der Waals surface area (Å²) in [5.74, 6) is 1.44. The lowest BCUT2D eigenvalue weighted by atomic mass is 9.77. The lowest BCUT2D eigenvalue weighted by Gasteiger charge is -2.32. The maximum atomic E-state index is 12.2. The summed E-state index contributed by atoms with van der Waals surface area (Å²) < 4.78 is 29.4. The molecule has 1 N–H and O–H groups in total. The highest BCUT2D eigenvalue weighted by Crippen LogP contribution is 2.39. The van der Waals surface area contributed by atoms with Gasteiger partial charge in [0.15, 0.2) is 11.5 Å². The summed E-state index contributed by atoms with van der Waals surface area (Å²) in [4.78, 5) is 12.2. The van der Waals surface area contributed by atoms with E-state index in [2.05, 4.69) is 5.32 Å². The normalized spacial score (nSPS) is 20.2. The molecule has 1 fully saturated rings. The van der Waals surface area contributed by atoms with Crippen LogP contribution < -0.4 is 14.8 Å². The molecule has 3 rings (SSSR count). The van der Waals surface area contributed by atoms with Gasteiger partial charge in [-0.25, -0.2) is 4.79 Å². The molecule has 0 unspecified atom stereocenters. The molecule has 1 aromatic carbocycles. The Morgan fingerprint density at radius 1 is 1.10 bits per heavy atom. The number of hydrogen-bond acceptors (Lipinski definition) is 6. The first-order chi connectivity index (χ1) is 14.4. The summed E-state index contributed by atoms with van der Waals surface area (Å²) >= 11 is 0. The molecule has 0 spiro atoms. The summed E-state index contributed by atoms with van der Waals surface area (Å²) in [5, 5.41) is 2.82. The van der Waals surface area contributed by atoms with Gasteiger partial charge in [0.1, 0.15) is 5.60 Å². The fourth-order valence-electron chi connectivity index (χ4n) is 3.17. The van der Waals surface area contributed by atoms with E-state index in [1.165, 1.54) is 0 Å². The molecule has 170 valence electrons. The van der Waals surface area contributed by atoms with Crippen LogP contribution in [0, 0.1) is 0 Å². The second kappa shape index (κ2) is 8.75. The molecule has 0 radical (unpaired) electrons. The van der Waals surface area contributed by atoms with Gasteiger partial charge >= 0.3 is 13.2 Å². The Kier molecular flexibility index (Phi) is 6.63. The number of alkyl carbamates (subject to hydrolysis) is 1. The summed E-state index contributed by atoms with van der Waals surface area (Å²) in [6, 6.07) is 5.78. The molecule has 31 heavy (non-hydrogen) atoms. The molecule has 0 bridgehead atoms. The van der Waals surface area contributed by atoms with E-state index in [9.17, 15) is 4.79 Å². The lowest BCUT2D eigenvalue weighted by Crippen LogP contribution is -2.41. The molecule has 1 saturated heterocycles. The summed E-state index contributed by atoms with van der Waals surface area (Å²) in [5.41, 5.74) is 0.118. The Bertz CT molecular complexity index is 827. The van der Waals surface area contributed by atoms with Crippen molar-refractivity contribution in [2.75, 3.05) is 19.8 Å². The summed E-state index contributed by atoms with van der Waals surface area (Å²) in [6.07, 6.45) is 2.31.